The number of aliphatic hydroxyl groups excluding tert-OH is 2. The number of ether oxygens (including phenoxy) is 2. The Bertz CT molecular complexity index is 765. The Hall–Kier alpha value is -1.85. The minimum absolute atomic E-state index is 0.0565. The van der Waals surface area contributed by atoms with Crippen LogP contribution in [0.5, 0.6) is 5.75 Å². The number of fused-ring (bicyclic) bond motifs is 3. The predicted molar refractivity (Wildman–Crippen MR) is 114 cm³/mol. The minimum atomic E-state index is -0.468. The van der Waals surface area contributed by atoms with Crippen LogP contribution in [0.3, 0.4) is 0 Å². The molecule has 0 aromatic heterocycles. The van der Waals surface area contributed by atoms with Gasteiger partial charge in [0.05, 0.1) is 19.3 Å². The number of carbonyl (C=O) groups excluding carboxylic acids is 1. The number of aliphatic hydroxyl groups is 2. The third-order valence-electron chi connectivity index (χ3n) is 7.23. The van der Waals surface area contributed by atoms with Crippen LogP contribution in [0.1, 0.15) is 68.4 Å². The van der Waals surface area contributed by atoms with Gasteiger partial charge in [0.25, 0.3) is 0 Å². The van der Waals surface area contributed by atoms with Crippen molar-refractivity contribution in [2.45, 2.75) is 82.0 Å². The first-order valence-electron chi connectivity index (χ1n) is 11.5. The van der Waals surface area contributed by atoms with Crippen LogP contribution >= 0.6 is 0 Å². The lowest BCUT2D eigenvalue weighted by Gasteiger charge is -2.21. The molecule has 4 rings (SSSR count). The van der Waals surface area contributed by atoms with E-state index < -0.39 is 12.2 Å². The summed E-state index contributed by atoms with van der Waals surface area (Å²) in [5.41, 5.74) is 2.13. The standard InChI is InChI=1S/C25H34O5/c1-29-23(28)14-11-17-9-6-10-19-24-18(21(27)15-22(24)30-25(17)19)12-13-20(26)16-7-4-2-3-5-8-16/h6,9-10,12-13,16,18,20-22,24,26-27H,2-5,7-8,11,14-15H2,1H3/b13-12+/t18?,20-,21+,22-,24-/m0/s1. The maximum Gasteiger partial charge on any atom is 0.305 e. The van der Waals surface area contributed by atoms with Gasteiger partial charge in [-0.25, -0.2) is 0 Å². The molecule has 164 valence electrons. The van der Waals surface area contributed by atoms with Crippen LogP contribution in [-0.2, 0) is 16.0 Å². The van der Waals surface area contributed by atoms with Crippen molar-refractivity contribution in [2.24, 2.45) is 11.8 Å². The van der Waals surface area contributed by atoms with Gasteiger partial charge in [0.1, 0.15) is 11.9 Å². The zero-order valence-corrected chi connectivity index (χ0v) is 17.8. The lowest BCUT2D eigenvalue weighted by atomic mass is 9.85. The first-order chi connectivity index (χ1) is 14.6. The van der Waals surface area contributed by atoms with Crippen LogP contribution in [0.25, 0.3) is 0 Å². The normalized spacial score (nSPS) is 29.8. The molecule has 1 unspecified atom stereocenters. The van der Waals surface area contributed by atoms with E-state index in [4.69, 9.17) is 9.47 Å². The molecular formula is C25H34O5. The van der Waals surface area contributed by atoms with Crippen molar-refractivity contribution in [3.05, 3.63) is 41.5 Å². The zero-order valence-electron chi connectivity index (χ0n) is 17.8. The number of hydrogen-bond acceptors (Lipinski definition) is 5. The van der Waals surface area contributed by atoms with E-state index in [1.165, 1.54) is 32.8 Å². The van der Waals surface area contributed by atoms with E-state index in [0.717, 1.165) is 29.7 Å². The molecule has 1 aromatic carbocycles. The number of carbonyl (C=O) groups is 1. The van der Waals surface area contributed by atoms with E-state index in [1.807, 2.05) is 24.3 Å². The van der Waals surface area contributed by atoms with Crippen LogP contribution in [0.4, 0.5) is 0 Å². The van der Waals surface area contributed by atoms with Crippen molar-refractivity contribution < 1.29 is 24.5 Å². The van der Waals surface area contributed by atoms with Gasteiger partial charge in [-0.15, -0.1) is 0 Å². The highest BCUT2D eigenvalue weighted by Gasteiger charge is 2.49. The second-order valence-electron chi connectivity index (χ2n) is 9.10. The monoisotopic (exact) mass is 414 g/mol. The van der Waals surface area contributed by atoms with Gasteiger partial charge in [0.2, 0.25) is 0 Å². The van der Waals surface area contributed by atoms with Crippen LogP contribution in [0, 0.1) is 11.8 Å². The lowest BCUT2D eigenvalue weighted by molar-refractivity contribution is -0.140. The predicted octanol–water partition coefficient (Wildman–Crippen LogP) is 3.91. The molecule has 1 aromatic rings. The Kier molecular flexibility index (Phi) is 6.79. The molecule has 0 saturated heterocycles. The molecule has 1 aliphatic heterocycles. The summed E-state index contributed by atoms with van der Waals surface area (Å²) in [6.45, 7) is 0. The molecule has 2 aliphatic carbocycles. The molecule has 3 aliphatic rings. The fraction of sp³-hybridized carbons (Fsp3) is 0.640. The first-order valence-corrected chi connectivity index (χ1v) is 11.5. The summed E-state index contributed by atoms with van der Waals surface area (Å²) >= 11 is 0. The Morgan fingerprint density at radius 1 is 1.27 bits per heavy atom. The van der Waals surface area contributed by atoms with Gasteiger partial charge in [-0.2, -0.15) is 0 Å². The van der Waals surface area contributed by atoms with Crippen LogP contribution in [0.2, 0.25) is 0 Å². The van der Waals surface area contributed by atoms with E-state index in [-0.39, 0.29) is 23.9 Å². The van der Waals surface area contributed by atoms with Crippen LogP contribution in [-0.4, -0.2) is 41.6 Å². The SMILES string of the molecule is COC(=O)CCc1cccc2c1O[C@H]1C[C@@H](O)C(/C=C/[C@H](O)C3CCCCCC3)[C@@H]21. The molecule has 5 nitrogen and oxygen atoms in total. The first kappa shape index (κ1) is 21.4. The third kappa shape index (κ3) is 4.42. The molecular weight excluding hydrogens is 380 g/mol. The topological polar surface area (TPSA) is 76.0 Å². The fourth-order valence-electron chi connectivity index (χ4n) is 5.56. The summed E-state index contributed by atoms with van der Waals surface area (Å²) in [7, 11) is 1.40. The second kappa shape index (κ2) is 9.52. The average molecular weight is 415 g/mol. The van der Waals surface area contributed by atoms with E-state index >= 15 is 0 Å². The Morgan fingerprint density at radius 3 is 2.77 bits per heavy atom. The third-order valence-corrected chi connectivity index (χ3v) is 7.23. The molecule has 30 heavy (non-hydrogen) atoms. The van der Waals surface area contributed by atoms with Gasteiger partial charge in [0.15, 0.2) is 0 Å². The van der Waals surface area contributed by atoms with Gasteiger partial charge in [0, 0.05) is 30.2 Å². The zero-order chi connectivity index (χ0) is 21.1. The highest BCUT2D eigenvalue weighted by molar-refractivity contribution is 5.69. The number of para-hydroxylation sites is 1. The summed E-state index contributed by atoms with van der Waals surface area (Å²) in [6.07, 6.45) is 11.6. The van der Waals surface area contributed by atoms with Crippen molar-refractivity contribution in [2.75, 3.05) is 7.11 Å². The van der Waals surface area contributed by atoms with Gasteiger partial charge >= 0.3 is 5.97 Å². The summed E-state index contributed by atoms with van der Waals surface area (Å²) in [5.74, 6) is 0.994. The quantitative estimate of drug-likeness (QED) is 0.419. The van der Waals surface area contributed by atoms with Crippen molar-refractivity contribution in [3.63, 3.8) is 0 Å². The number of benzene rings is 1. The lowest BCUT2D eigenvalue weighted by Crippen LogP contribution is -2.20. The van der Waals surface area contributed by atoms with Crippen molar-refractivity contribution in [1.29, 1.82) is 0 Å². The number of hydrogen-bond donors (Lipinski definition) is 2. The van der Waals surface area contributed by atoms with Crippen molar-refractivity contribution >= 4 is 5.97 Å². The Morgan fingerprint density at radius 2 is 2.03 bits per heavy atom. The summed E-state index contributed by atoms with van der Waals surface area (Å²) in [4.78, 5) is 11.5. The average Bonchev–Trinajstić information content (AvgIpc) is 3.10. The largest absolute Gasteiger partial charge is 0.489 e. The number of rotatable bonds is 6. The van der Waals surface area contributed by atoms with Gasteiger partial charge < -0.3 is 19.7 Å². The van der Waals surface area contributed by atoms with Crippen molar-refractivity contribution in [1.82, 2.24) is 0 Å². The maximum absolute atomic E-state index is 11.5. The van der Waals surface area contributed by atoms with Gasteiger partial charge in [-0.1, -0.05) is 56.0 Å². The highest BCUT2D eigenvalue weighted by Crippen LogP contribution is 2.52. The molecule has 5 atom stereocenters. The molecule has 0 radical (unpaired) electrons. The minimum Gasteiger partial charge on any atom is -0.489 e. The molecule has 0 spiro atoms. The fourth-order valence-corrected chi connectivity index (χ4v) is 5.56. The Labute approximate surface area is 179 Å². The number of esters is 1. The molecule has 0 amide bonds. The number of aryl methyl sites for hydroxylation is 1. The molecule has 2 saturated carbocycles. The molecule has 2 N–H and O–H groups in total. The van der Waals surface area contributed by atoms with Gasteiger partial charge in [-0.05, 0) is 30.7 Å². The summed E-state index contributed by atoms with van der Waals surface area (Å²) < 4.78 is 11.0. The van der Waals surface area contributed by atoms with E-state index in [9.17, 15) is 15.0 Å². The summed E-state index contributed by atoms with van der Waals surface area (Å²) in [6, 6.07) is 6.07. The van der Waals surface area contributed by atoms with E-state index in [2.05, 4.69) is 6.07 Å². The maximum atomic E-state index is 11.5. The highest BCUT2D eigenvalue weighted by atomic mass is 16.5. The van der Waals surface area contributed by atoms with Crippen LogP contribution in [0.15, 0.2) is 30.4 Å². The molecule has 5 heteroatoms. The van der Waals surface area contributed by atoms with Crippen molar-refractivity contribution in [3.8, 4) is 5.75 Å². The molecule has 0 bridgehead atoms. The smallest absolute Gasteiger partial charge is 0.305 e. The van der Waals surface area contributed by atoms with Gasteiger partial charge in [-0.3, -0.25) is 4.79 Å². The van der Waals surface area contributed by atoms with E-state index in [0.29, 0.717) is 25.2 Å². The molecule has 1 heterocycles. The number of methoxy groups -OCH3 is 1. The van der Waals surface area contributed by atoms with E-state index in [1.54, 1.807) is 0 Å². The molecule has 2 fully saturated rings. The second-order valence-corrected chi connectivity index (χ2v) is 9.10. The summed E-state index contributed by atoms with van der Waals surface area (Å²) in [5, 5.41) is 21.4. The Balaban J connectivity index is 1.49. The van der Waals surface area contributed by atoms with Crippen LogP contribution < -0.4 is 4.74 Å².